The van der Waals surface area contributed by atoms with Crippen LogP contribution in [0.5, 0.6) is 0 Å². The summed E-state index contributed by atoms with van der Waals surface area (Å²) in [5, 5.41) is 77.0. The molecule has 0 radical (unpaired) electrons. The zero-order valence-corrected chi connectivity index (χ0v) is 23.8. The molecule has 0 atom stereocenters. The summed E-state index contributed by atoms with van der Waals surface area (Å²) in [6.45, 7) is 0. The van der Waals surface area contributed by atoms with Crippen LogP contribution in [-0.2, 0) is 0 Å². The highest BCUT2D eigenvalue weighted by Crippen LogP contribution is 2.64. The minimum Gasteiger partial charge on any atom is -0.220 e. The van der Waals surface area contributed by atoms with Crippen LogP contribution in [0.4, 0.5) is 96.6 Å². The lowest BCUT2D eigenvalue weighted by Gasteiger charge is -2.42. The third kappa shape index (κ3) is 12.7. The topological polar surface area (TPSA) is 238 Å². The lowest BCUT2D eigenvalue weighted by atomic mass is 9.66. The molecule has 0 rings (SSSR count). The summed E-state index contributed by atoms with van der Waals surface area (Å²) in [6, 6.07) is -2.50. The van der Waals surface area contributed by atoms with E-state index in [1.807, 2.05) is 0 Å². The fourth-order valence-electron chi connectivity index (χ4n) is 2.43. The van der Waals surface area contributed by atoms with Gasteiger partial charge >= 0.3 is 65.1 Å². The number of alkyl halides is 22. The molecule has 0 aliphatic heterocycles. The van der Waals surface area contributed by atoms with E-state index in [0.29, 0.717) is 12.1 Å². The molecule has 0 fully saturated rings. The molecule has 0 aromatic carbocycles. The molecule has 0 aliphatic rings. The first kappa shape index (κ1) is 69.3. The Kier molecular flexibility index (Phi) is 25.8. The molecule has 0 aromatic rings. The molecule has 324 valence electrons. The predicted molar refractivity (Wildman–Crippen MR) is 140 cm³/mol. The van der Waals surface area contributed by atoms with Gasteiger partial charge in [-0.2, -0.15) is 145 Å². The zero-order chi connectivity index (χ0) is 45.1. The normalized spacial score (nSPS) is 11.9. The van der Waals surface area contributed by atoms with Crippen molar-refractivity contribution in [2.24, 2.45) is 5.41 Å². The van der Waals surface area contributed by atoms with Crippen molar-refractivity contribution in [1.82, 2.24) is 0 Å². The second kappa shape index (κ2) is 21.6. The van der Waals surface area contributed by atoms with Crippen molar-refractivity contribution >= 4 is 0 Å². The molecule has 0 aliphatic carbocycles. The molecule has 10 nitrogen and oxygen atoms in total. The molecular formula is C26H16F22N10. The van der Waals surface area contributed by atoms with Crippen LogP contribution < -0.4 is 0 Å². The van der Waals surface area contributed by atoms with E-state index in [-0.39, 0.29) is 35.8 Å². The highest BCUT2D eigenvalue weighted by Gasteiger charge is 2.92. The van der Waals surface area contributed by atoms with Gasteiger partial charge in [-0.1, -0.05) is 29.7 Å². The van der Waals surface area contributed by atoms with E-state index in [4.69, 9.17) is 52.6 Å². The summed E-state index contributed by atoms with van der Waals surface area (Å²) in [5.74, 6) is -52.0. The fraction of sp³-hybridized carbons (Fsp3) is 0.615. The Hall–Kier alpha value is -6.64. The molecule has 0 spiro atoms. The molecule has 0 N–H and O–H groups in total. The van der Waals surface area contributed by atoms with Crippen molar-refractivity contribution in [3.63, 3.8) is 0 Å². The number of nitrogens with zero attached hydrogens (tertiary/aromatic N) is 10. The molecule has 58 heavy (non-hydrogen) atoms. The molecule has 0 unspecified atom stereocenters. The minimum absolute atomic E-state index is 0. The monoisotopic (exact) mass is 886 g/mol. The minimum atomic E-state index is -6.49. The highest BCUT2D eigenvalue weighted by molar-refractivity contribution is 5.34. The van der Waals surface area contributed by atoms with Gasteiger partial charge in [-0.15, -0.1) is 0 Å². The first-order valence-electron chi connectivity index (χ1n) is 10.9. The number of halogens is 22. The van der Waals surface area contributed by atoms with Crippen molar-refractivity contribution in [3.8, 4) is 60.7 Å². The maximum atomic E-state index is 13.3. The smallest absolute Gasteiger partial charge is 0.220 e. The SMILES string of the molecule is C.C.C.C.N#CC(F)(F)C#N.N#CC(F)(F)C(C(F)(F)C#N)(C(F)(F)C#N)C(F)(F)C#N.N#CC(F)(F)C(F)(C(F)(F)C#N)C(F)(F)C#N.N#CC(F)(F)C(F)(F)F. The van der Waals surface area contributed by atoms with Gasteiger partial charge in [0, 0.05) is 0 Å². The van der Waals surface area contributed by atoms with Gasteiger partial charge in [0.25, 0.3) is 5.41 Å². The van der Waals surface area contributed by atoms with Gasteiger partial charge in [0.05, 0.1) is 0 Å². The Morgan fingerprint density at radius 3 is 0.448 bits per heavy atom. The molecule has 0 saturated carbocycles. The van der Waals surface area contributed by atoms with Gasteiger partial charge in [0.15, 0.2) is 12.1 Å². The van der Waals surface area contributed by atoms with Crippen molar-refractivity contribution < 1.29 is 96.6 Å². The Balaban J connectivity index is -0.000000101. The average molecular weight is 886 g/mol. The van der Waals surface area contributed by atoms with Gasteiger partial charge in [-0.3, -0.25) is 0 Å². The Bertz CT molecular complexity index is 1610. The Morgan fingerprint density at radius 1 is 0.224 bits per heavy atom. The number of nitriles is 10. The fourth-order valence-corrected chi connectivity index (χ4v) is 2.43. The van der Waals surface area contributed by atoms with E-state index in [0.717, 1.165) is 0 Å². The molecule has 0 amide bonds. The molecule has 32 heteroatoms. The third-order valence-corrected chi connectivity index (χ3v) is 4.94. The van der Waals surface area contributed by atoms with Gasteiger partial charge in [-0.25, -0.2) is 4.39 Å². The second-order valence-corrected chi connectivity index (χ2v) is 8.19. The average Bonchev–Trinajstić information content (AvgIpc) is 3.07. The lowest BCUT2D eigenvalue weighted by Crippen LogP contribution is -2.71. The first-order chi connectivity index (χ1) is 23.6. The maximum Gasteiger partial charge on any atom is 0.468 e. The van der Waals surface area contributed by atoms with Crippen molar-refractivity contribution in [3.05, 3.63) is 0 Å². The summed E-state index contributed by atoms with van der Waals surface area (Å²) in [6.07, 6.45) is -5.75. The predicted octanol–water partition coefficient (Wildman–Crippen LogP) is 9.70. The van der Waals surface area contributed by atoms with E-state index < -0.39 is 113 Å². The van der Waals surface area contributed by atoms with Crippen LogP contribution in [0.3, 0.4) is 0 Å². The van der Waals surface area contributed by atoms with Crippen LogP contribution in [0, 0.1) is 119 Å². The number of hydrogen-bond donors (Lipinski definition) is 0. The quantitative estimate of drug-likeness (QED) is 0.219. The molecule has 0 bridgehead atoms. The van der Waals surface area contributed by atoms with Crippen LogP contribution in [0.25, 0.3) is 0 Å². The van der Waals surface area contributed by atoms with Crippen molar-refractivity contribution in [2.45, 2.75) is 94.9 Å². The first-order valence-corrected chi connectivity index (χ1v) is 10.9. The van der Waals surface area contributed by atoms with Crippen LogP contribution in [0.15, 0.2) is 0 Å². The zero-order valence-electron chi connectivity index (χ0n) is 23.8. The van der Waals surface area contributed by atoms with Crippen LogP contribution in [0.2, 0.25) is 0 Å². The lowest BCUT2D eigenvalue weighted by molar-refractivity contribution is -0.337. The van der Waals surface area contributed by atoms with E-state index >= 15 is 0 Å². The van der Waals surface area contributed by atoms with Crippen LogP contribution >= 0.6 is 0 Å². The van der Waals surface area contributed by atoms with E-state index in [1.165, 1.54) is 0 Å². The third-order valence-electron chi connectivity index (χ3n) is 4.94. The summed E-state index contributed by atoms with van der Waals surface area (Å²) in [4.78, 5) is 0. The van der Waals surface area contributed by atoms with E-state index in [2.05, 4.69) is 0 Å². The molecule has 0 saturated heterocycles. The second-order valence-electron chi connectivity index (χ2n) is 8.19. The highest BCUT2D eigenvalue weighted by atomic mass is 19.4. The van der Waals surface area contributed by atoms with Crippen LogP contribution in [0.1, 0.15) is 29.7 Å². The molecule has 0 aromatic heterocycles. The largest absolute Gasteiger partial charge is 0.468 e. The van der Waals surface area contributed by atoms with Gasteiger partial charge in [0.2, 0.25) is 0 Å². The summed E-state index contributed by atoms with van der Waals surface area (Å²) in [5.41, 5.74) is -12.7. The Morgan fingerprint density at radius 2 is 0.379 bits per heavy atom. The Labute approximate surface area is 310 Å². The van der Waals surface area contributed by atoms with Crippen LogP contribution in [-0.4, -0.2) is 65.1 Å². The molecule has 0 heterocycles. The molecular weight excluding hydrogens is 870 g/mol. The van der Waals surface area contributed by atoms with E-state index in [9.17, 15) is 96.6 Å². The number of rotatable bonds is 7. The van der Waals surface area contributed by atoms with Gasteiger partial charge in [-0.05, 0) is 0 Å². The van der Waals surface area contributed by atoms with E-state index in [1.54, 1.807) is 0 Å². The standard InChI is InChI=1S/C9F8N4.C7F7N3.C3F5N.C3F2N2.4CH4/c10-5(11,1-18)9(6(12,13)2-19,7(14,15)3-20)8(16,17)4-21;8-4(9,1-15)7(14,5(10,11)2-16)6(12,13)3-17;4-2(5,1-9)3(6,7)8;4-3(5,1-6)2-7;;;;/h;;;;4*1H4. The summed E-state index contributed by atoms with van der Waals surface area (Å²) in [7, 11) is 0. The number of hydrogen-bond acceptors (Lipinski definition) is 10. The maximum absolute atomic E-state index is 13.3. The van der Waals surface area contributed by atoms with Gasteiger partial charge in [0.1, 0.15) is 48.6 Å². The van der Waals surface area contributed by atoms with Crippen molar-refractivity contribution in [2.75, 3.05) is 0 Å². The van der Waals surface area contributed by atoms with Crippen molar-refractivity contribution in [1.29, 1.82) is 52.6 Å². The summed E-state index contributed by atoms with van der Waals surface area (Å²) >= 11 is 0. The van der Waals surface area contributed by atoms with Gasteiger partial charge < -0.3 is 0 Å². The summed E-state index contributed by atoms with van der Waals surface area (Å²) < 4.78 is 272.